The highest BCUT2D eigenvalue weighted by Gasteiger charge is 2.20. The third-order valence-electron chi connectivity index (χ3n) is 5.93. The van der Waals surface area contributed by atoms with Crippen molar-refractivity contribution in [3.8, 4) is 34.1 Å². The summed E-state index contributed by atoms with van der Waals surface area (Å²) in [5.41, 5.74) is 4.93. The van der Waals surface area contributed by atoms with Crippen molar-refractivity contribution in [1.82, 2.24) is 19.7 Å². The number of para-hydroxylation sites is 1. The fraction of sp³-hybridized carbons (Fsp3) is 0.172. The number of hydrogen-bond donors (Lipinski definition) is 1. The molecule has 7 nitrogen and oxygen atoms in total. The van der Waals surface area contributed by atoms with Crippen LogP contribution in [0, 0.1) is 0 Å². The van der Waals surface area contributed by atoms with Crippen LogP contribution in [0.1, 0.15) is 25.3 Å². The summed E-state index contributed by atoms with van der Waals surface area (Å²) >= 11 is 2.75. The summed E-state index contributed by atoms with van der Waals surface area (Å²) in [7, 11) is 1.64. The number of anilines is 1. The molecule has 192 valence electrons. The summed E-state index contributed by atoms with van der Waals surface area (Å²) in [6, 6.07) is 25.9. The molecular weight excluding hydrogens is 514 g/mol. The van der Waals surface area contributed by atoms with Gasteiger partial charge in [0.05, 0.1) is 24.2 Å². The standard InChI is InChI=1S/C29H27N5O2S2/c1-19(2)23-11-7-8-12-25(23)34-27(21-13-15-22(36-3)16-14-21)32-33-29(34)38-18-26(35)31-28-30-24(17-37-28)20-9-5-4-6-10-20/h4-17,19H,18H2,1-3H3,(H,30,31,35). The molecule has 0 saturated carbocycles. The second-order valence-electron chi connectivity index (χ2n) is 8.82. The van der Waals surface area contributed by atoms with Gasteiger partial charge in [-0.1, -0.05) is 74.1 Å². The first-order chi connectivity index (χ1) is 18.5. The van der Waals surface area contributed by atoms with E-state index in [0.717, 1.165) is 28.3 Å². The van der Waals surface area contributed by atoms with Gasteiger partial charge < -0.3 is 10.1 Å². The van der Waals surface area contributed by atoms with Crippen LogP contribution in [0.2, 0.25) is 0 Å². The van der Waals surface area contributed by atoms with E-state index in [1.165, 1.54) is 28.7 Å². The van der Waals surface area contributed by atoms with E-state index in [1.54, 1.807) is 7.11 Å². The minimum absolute atomic E-state index is 0.151. The van der Waals surface area contributed by atoms with E-state index in [9.17, 15) is 4.79 Å². The van der Waals surface area contributed by atoms with E-state index in [-0.39, 0.29) is 11.7 Å². The predicted molar refractivity (Wildman–Crippen MR) is 154 cm³/mol. The molecule has 0 atom stereocenters. The Labute approximate surface area is 229 Å². The molecule has 0 spiro atoms. The van der Waals surface area contributed by atoms with Gasteiger partial charge in [0, 0.05) is 16.5 Å². The van der Waals surface area contributed by atoms with E-state index in [4.69, 9.17) is 4.74 Å². The van der Waals surface area contributed by atoms with E-state index >= 15 is 0 Å². The van der Waals surface area contributed by atoms with Gasteiger partial charge in [0.15, 0.2) is 16.1 Å². The fourth-order valence-electron chi connectivity index (χ4n) is 4.05. The molecule has 0 aliphatic carbocycles. The Morgan fingerprint density at radius 1 is 0.974 bits per heavy atom. The number of nitrogens with zero attached hydrogens (tertiary/aromatic N) is 4. The lowest BCUT2D eigenvalue weighted by molar-refractivity contribution is -0.113. The van der Waals surface area contributed by atoms with Crippen LogP contribution in [0.25, 0.3) is 28.3 Å². The summed E-state index contributed by atoms with van der Waals surface area (Å²) in [5, 5.41) is 15.1. The maximum absolute atomic E-state index is 12.9. The molecule has 0 aliphatic rings. The zero-order valence-electron chi connectivity index (χ0n) is 21.3. The molecule has 38 heavy (non-hydrogen) atoms. The Balaban J connectivity index is 1.39. The summed E-state index contributed by atoms with van der Waals surface area (Å²) in [4.78, 5) is 17.4. The highest BCUT2D eigenvalue weighted by molar-refractivity contribution is 7.99. The lowest BCUT2D eigenvalue weighted by Crippen LogP contribution is -2.14. The minimum Gasteiger partial charge on any atom is -0.497 e. The number of thiazole rings is 1. The zero-order valence-corrected chi connectivity index (χ0v) is 22.9. The SMILES string of the molecule is COc1ccc(-c2nnc(SCC(=O)Nc3nc(-c4ccccc4)cs3)n2-c2ccccc2C(C)C)cc1. The van der Waals surface area contributed by atoms with Gasteiger partial charge in [-0.25, -0.2) is 4.98 Å². The normalized spacial score (nSPS) is 11.1. The average molecular weight is 542 g/mol. The molecule has 5 aromatic rings. The molecule has 0 aliphatic heterocycles. The first kappa shape index (κ1) is 25.7. The number of benzene rings is 3. The molecule has 2 heterocycles. The van der Waals surface area contributed by atoms with Gasteiger partial charge in [-0.05, 0) is 41.8 Å². The number of carbonyl (C=O) groups excluding carboxylic acids is 1. The van der Waals surface area contributed by atoms with Crippen molar-refractivity contribution in [3.05, 3.63) is 89.8 Å². The van der Waals surface area contributed by atoms with Crippen LogP contribution in [-0.2, 0) is 4.79 Å². The largest absolute Gasteiger partial charge is 0.497 e. The van der Waals surface area contributed by atoms with E-state index < -0.39 is 0 Å². The molecule has 0 unspecified atom stereocenters. The lowest BCUT2D eigenvalue weighted by atomic mass is 10.0. The predicted octanol–water partition coefficient (Wildman–Crippen LogP) is 6.92. The van der Waals surface area contributed by atoms with Gasteiger partial charge in [-0.15, -0.1) is 21.5 Å². The number of hydrogen-bond acceptors (Lipinski definition) is 7. The number of rotatable bonds is 9. The summed E-state index contributed by atoms with van der Waals surface area (Å²) in [6.45, 7) is 4.32. The van der Waals surface area contributed by atoms with Crippen molar-refractivity contribution >= 4 is 34.1 Å². The van der Waals surface area contributed by atoms with Crippen LogP contribution < -0.4 is 10.1 Å². The molecule has 1 amide bonds. The van der Waals surface area contributed by atoms with Crippen LogP contribution in [0.3, 0.4) is 0 Å². The van der Waals surface area contributed by atoms with Crippen molar-refractivity contribution in [1.29, 1.82) is 0 Å². The third-order valence-corrected chi connectivity index (χ3v) is 7.62. The van der Waals surface area contributed by atoms with Gasteiger partial charge in [0.2, 0.25) is 5.91 Å². The monoisotopic (exact) mass is 541 g/mol. The van der Waals surface area contributed by atoms with Crippen molar-refractivity contribution in [2.75, 3.05) is 18.2 Å². The highest BCUT2D eigenvalue weighted by Crippen LogP contribution is 2.33. The molecule has 0 saturated heterocycles. The third kappa shape index (κ3) is 5.64. The molecule has 3 aromatic carbocycles. The Morgan fingerprint density at radius 2 is 1.71 bits per heavy atom. The summed E-state index contributed by atoms with van der Waals surface area (Å²) in [6.07, 6.45) is 0. The summed E-state index contributed by atoms with van der Waals surface area (Å²) < 4.78 is 7.35. The number of thioether (sulfide) groups is 1. The van der Waals surface area contributed by atoms with Gasteiger partial charge in [-0.2, -0.15) is 0 Å². The van der Waals surface area contributed by atoms with E-state index in [0.29, 0.717) is 22.0 Å². The van der Waals surface area contributed by atoms with Crippen LogP contribution in [0.5, 0.6) is 5.75 Å². The molecule has 0 bridgehead atoms. The lowest BCUT2D eigenvalue weighted by Gasteiger charge is -2.17. The molecule has 1 N–H and O–H groups in total. The average Bonchev–Trinajstić information content (AvgIpc) is 3.59. The first-order valence-corrected chi connectivity index (χ1v) is 14.0. The van der Waals surface area contributed by atoms with Crippen molar-refractivity contribution in [3.63, 3.8) is 0 Å². The smallest absolute Gasteiger partial charge is 0.236 e. The molecule has 0 fully saturated rings. The number of amides is 1. The molecule has 5 rings (SSSR count). The van der Waals surface area contributed by atoms with Crippen molar-refractivity contribution < 1.29 is 9.53 Å². The second kappa shape index (κ2) is 11.6. The Morgan fingerprint density at radius 3 is 2.45 bits per heavy atom. The van der Waals surface area contributed by atoms with Crippen LogP contribution in [0.4, 0.5) is 5.13 Å². The molecule has 0 radical (unpaired) electrons. The van der Waals surface area contributed by atoms with Crippen LogP contribution >= 0.6 is 23.1 Å². The summed E-state index contributed by atoms with van der Waals surface area (Å²) in [5.74, 6) is 1.79. The Bertz CT molecular complexity index is 1530. The van der Waals surface area contributed by atoms with E-state index in [1.807, 2.05) is 76.7 Å². The number of nitrogens with one attached hydrogen (secondary N) is 1. The van der Waals surface area contributed by atoms with Gasteiger partial charge >= 0.3 is 0 Å². The molecule has 2 aromatic heterocycles. The van der Waals surface area contributed by atoms with Crippen molar-refractivity contribution in [2.24, 2.45) is 0 Å². The molecular formula is C29H27N5O2S2. The Kier molecular flexibility index (Phi) is 7.86. The highest BCUT2D eigenvalue weighted by atomic mass is 32.2. The van der Waals surface area contributed by atoms with Crippen molar-refractivity contribution in [2.45, 2.75) is 24.9 Å². The maximum Gasteiger partial charge on any atom is 0.236 e. The zero-order chi connectivity index (χ0) is 26.5. The first-order valence-electron chi connectivity index (χ1n) is 12.2. The van der Waals surface area contributed by atoms with E-state index in [2.05, 4.69) is 46.5 Å². The number of methoxy groups -OCH3 is 1. The van der Waals surface area contributed by atoms with Gasteiger partial charge in [0.25, 0.3) is 0 Å². The minimum atomic E-state index is -0.151. The fourth-order valence-corrected chi connectivity index (χ4v) is 5.53. The van der Waals surface area contributed by atoms with Crippen LogP contribution in [-0.4, -0.2) is 38.5 Å². The molecule has 9 heteroatoms. The Hall–Kier alpha value is -3.95. The maximum atomic E-state index is 12.9. The van der Waals surface area contributed by atoms with Gasteiger partial charge in [0.1, 0.15) is 5.75 Å². The second-order valence-corrected chi connectivity index (χ2v) is 10.6. The number of ether oxygens (including phenoxy) is 1. The number of carbonyl (C=O) groups is 1. The topological polar surface area (TPSA) is 81.9 Å². The van der Waals surface area contributed by atoms with Gasteiger partial charge in [-0.3, -0.25) is 9.36 Å². The van der Waals surface area contributed by atoms with Crippen LogP contribution in [0.15, 0.2) is 89.4 Å². The number of aromatic nitrogens is 4. The quantitative estimate of drug-likeness (QED) is 0.204.